The number of aromatic nitrogens is 2. The van der Waals surface area contributed by atoms with Crippen molar-refractivity contribution >= 4 is 22.7 Å². The Morgan fingerprint density at radius 3 is 2.95 bits per heavy atom. The van der Waals surface area contributed by atoms with Crippen LogP contribution in [0.3, 0.4) is 0 Å². The van der Waals surface area contributed by atoms with Gasteiger partial charge in [0, 0.05) is 17.0 Å². The van der Waals surface area contributed by atoms with Crippen LogP contribution in [-0.2, 0) is 0 Å². The van der Waals surface area contributed by atoms with E-state index in [9.17, 15) is 9.18 Å². The van der Waals surface area contributed by atoms with Gasteiger partial charge in [0.2, 0.25) is 0 Å². The zero-order valence-corrected chi connectivity index (χ0v) is 10.0. The van der Waals surface area contributed by atoms with Gasteiger partial charge in [-0.15, -0.1) is 0 Å². The van der Waals surface area contributed by atoms with Crippen LogP contribution in [0.1, 0.15) is 16.1 Å². The summed E-state index contributed by atoms with van der Waals surface area (Å²) in [5, 5.41) is 9.50. The van der Waals surface area contributed by atoms with Crippen molar-refractivity contribution in [2.45, 2.75) is 6.92 Å². The molecule has 0 bridgehead atoms. The summed E-state index contributed by atoms with van der Waals surface area (Å²) >= 11 is 0. The summed E-state index contributed by atoms with van der Waals surface area (Å²) in [6.45, 7) is 1.72. The summed E-state index contributed by atoms with van der Waals surface area (Å²) < 4.78 is 18.9. The monoisotopic (exact) mass is 259 g/mol. The van der Waals surface area contributed by atoms with Gasteiger partial charge in [-0.3, -0.25) is 9.89 Å². The Morgan fingerprint density at radius 2 is 2.26 bits per heavy atom. The summed E-state index contributed by atoms with van der Waals surface area (Å²) in [5.74, 6) is -0.390. The van der Waals surface area contributed by atoms with Crippen LogP contribution in [0.2, 0.25) is 0 Å². The first-order valence-electron chi connectivity index (χ1n) is 5.65. The minimum absolute atomic E-state index is 0.0923. The van der Waals surface area contributed by atoms with Gasteiger partial charge in [-0.05, 0) is 13.0 Å². The van der Waals surface area contributed by atoms with E-state index in [1.807, 2.05) is 0 Å². The van der Waals surface area contributed by atoms with Crippen molar-refractivity contribution in [1.82, 2.24) is 10.2 Å². The lowest BCUT2D eigenvalue weighted by atomic mass is 10.1. The molecule has 5 nitrogen and oxygen atoms in total. The number of anilines is 1. The van der Waals surface area contributed by atoms with Gasteiger partial charge < -0.3 is 9.73 Å². The minimum Gasteiger partial charge on any atom is -0.448 e. The van der Waals surface area contributed by atoms with Gasteiger partial charge in [-0.25, -0.2) is 4.39 Å². The maximum Gasteiger partial charge on any atom is 0.292 e. The molecule has 0 radical (unpaired) electrons. The molecule has 19 heavy (non-hydrogen) atoms. The average Bonchev–Trinajstić information content (AvgIpc) is 2.99. The van der Waals surface area contributed by atoms with Gasteiger partial charge in [0.05, 0.1) is 6.20 Å². The molecule has 6 heteroatoms. The van der Waals surface area contributed by atoms with Crippen LogP contribution in [0.5, 0.6) is 0 Å². The maximum atomic E-state index is 13.6. The van der Waals surface area contributed by atoms with Gasteiger partial charge in [0.15, 0.2) is 17.2 Å². The molecule has 2 aromatic heterocycles. The number of benzene rings is 1. The summed E-state index contributed by atoms with van der Waals surface area (Å²) in [5.41, 5.74) is 0.696. The number of nitrogens with zero attached hydrogens (tertiary/aromatic N) is 1. The van der Waals surface area contributed by atoms with Gasteiger partial charge in [0.1, 0.15) is 5.82 Å². The van der Waals surface area contributed by atoms with Crippen LogP contribution < -0.4 is 5.32 Å². The summed E-state index contributed by atoms with van der Waals surface area (Å²) in [7, 11) is 0. The zero-order valence-electron chi connectivity index (χ0n) is 10.0. The number of aryl methyl sites for hydroxylation is 1. The SMILES string of the molecule is Cc1c(C(=O)Nc2ccn[nH]2)oc2c(F)cccc12. The summed E-state index contributed by atoms with van der Waals surface area (Å²) in [4.78, 5) is 12.0. The van der Waals surface area contributed by atoms with Crippen LogP contribution in [-0.4, -0.2) is 16.1 Å². The Hall–Kier alpha value is -2.63. The van der Waals surface area contributed by atoms with E-state index in [2.05, 4.69) is 15.5 Å². The van der Waals surface area contributed by atoms with Crippen LogP contribution in [0, 0.1) is 12.7 Å². The second-order valence-corrected chi connectivity index (χ2v) is 4.10. The summed E-state index contributed by atoms with van der Waals surface area (Å²) in [6, 6.07) is 6.19. The van der Waals surface area contributed by atoms with Gasteiger partial charge in [-0.1, -0.05) is 12.1 Å². The molecule has 0 saturated carbocycles. The number of hydrogen-bond donors (Lipinski definition) is 2. The van der Waals surface area contributed by atoms with E-state index in [0.717, 1.165) is 0 Å². The highest BCUT2D eigenvalue weighted by Gasteiger charge is 2.19. The van der Waals surface area contributed by atoms with Gasteiger partial charge in [0.25, 0.3) is 5.91 Å². The Balaban J connectivity index is 2.03. The number of H-pyrrole nitrogens is 1. The molecule has 0 fully saturated rings. The Bertz CT molecular complexity index is 747. The largest absolute Gasteiger partial charge is 0.448 e. The predicted octanol–water partition coefficient (Wildman–Crippen LogP) is 2.86. The minimum atomic E-state index is -0.485. The molecule has 0 atom stereocenters. The number of furan rings is 1. The molecule has 0 aliphatic rings. The number of para-hydroxylation sites is 1. The van der Waals surface area contributed by atoms with E-state index < -0.39 is 11.7 Å². The third-order valence-corrected chi connectivity index (χ3v) is 2.87. The third-order valence-electron chi connectivity index (χ3n) is 2.87. The van der Waals surface area contributed by atoms with Crippen molar-refractivity contribution in [2.75, 3.05) is 5.32 Å². The second kappa shape index (κ2) is 4.24. The van der Waals surface area contributed by atoms with E-state index in [4.69, 9.17) is 4.42 Å². The average molecular weight is 259 g/mol. The smallest absolute Gasteiger partial charge is 0.292 e. The van der Waals surface area contributed by atoms with Crippen LogP contribution in [0.25, 0.3) is 11.0 Å². The Morgan fingerprint density at radius 1 is 1.42 bits per heavy atom. The highest BCUT2D eigenvalue weighted by molar-refractivity contribution is 6.06. The van der Waals surface area contributed by atoms with E-state index in [0.29, 0.717) is 16.8 Å². The van der Waals surface area contributed by atoms with Crippen LogP contribution in [0.15, 0.2) is 34.9 Å². The van der Waals surface area contributed by atoms with E-state index in [1.54, 1.807) is 25.1 Å². The van der Waals surface area contributed by atoms with E-state index in [1.165, 1.54) is 12.3 Å². The highest BCUT2D eigenvalue weighted by Crippen LogP contribution is 2.27. The standard InChI is InChI=1S/C13H10FN3O2/c1-7-8-3-2-4-9(14)12(8)19-11(7)13(18)16-10-5-6-15-17-10/h2-6H,1H3,(H2,15,16,17,18). The van der Waals surface area contributed by atoms with Crippen LogP contribution in [0.4, 0.5) is 10.2 Å². The normalized spacial score (nSPS) is 10.8. The van der Waals surface area contributed by atoms with E-state index in [-0.39, 0.29) is 11.3 Å². The molecule has 0 spiro atoms. The number of halogens is 1. The number of amides is 1. The lowest BCUT2D eigenvalue weighted by Crippen LogP contribution is -2.12. The molecule has 2 N–H and O–H groups in total. The quantitative estimate of drug-likeness (QED) is 0.743. The molecule has 0 saturated heterocycles. The fourth-order valence-electron chi connectivity index (χ4n) is 1.93. The van der Waals surface area contributed by atoms with Gasteiger partial charge >= 0.3 is 0 Å². The molecule has 2 heterocycles. The number of aromatic amines is 1. The molecule has 96 valence electrons. The Labute approximate surface area is 107 Å². The number of hydrogen-bond acceptors (Lipinski definition) is 3. The molecule has 0 unspecified atom stereocenters. The number of nitrogens with one attached hydrogen (secondary N) is 2. The lowest BCUT2D eigenvalue weighted by Gasteiger charge is -1.99. The second-order valence-electron chi connectivity index (χ2n) is 4.10. The number of carbonyl (C=O) groups excluding carboxylic acids is 1. The molecule has 0 aliphatic carbocycles. The molecule has 1 aromatic carbocycles. The number of fused-ring (bicyclic) bond motifs is 1. The topological polar surface area (TPSA) is 70.9 Å². The molecule has 3 aromatic rings. The highest BCUT2D eigenvalue weighted by atomic mass is 19.1. The fraction of sp³-hybridized carbons (Fsp3) is 0.0769. The first kappa shape index (κ1) is 11.5. The van der Waals surface area contributed by atoms with Crippen molar-refractivity contribution < 1.29 is 13.6 Å². The predicted molar refractivity (Wildman–Crippen MR) is 67.4 cm³/mol. The van der Waals surface area contributed by atoms with E-state index >= 15 is 0 Å². The number of carbonyl (C=O) groups is 1. The maximum absolute atomic E-state index is 13.6. The van der Waals surface area contributed by atoms with Crippen molar-refractivity contribution in [3.63, 3.8) is 0 Å². The molecule has 1 amide bonds. The molecule has 0 aliphatic heterocycles. The van der Waals surface area contributed by atoms with Gasteiger partial charge in [-0.2, -0.15) is 5.10 Å². The third kappa shape index (κ3) is 1.87. The van der Waals surface area contributed by atoms with Crippen LogP contribution >= 0.6 is 0 Å². The van der Waals surface area contributed by atoms with Crippen molar-refractivity contribution in [2.24, 2.45) is 0 Å². The Kier molecular flexibility index (Phi) is 2.56. The first-order valence-corrected chi connectivity index (χ1v) is 5.65. The van der Waals surface area contributed by atoms with Crippen molar-refractivity contribution in [3.05, 3.63) is 47.6 Å². The molecule has 3 rings (SSSR count). The molecular weight excluding hydrogens is 249 g/mol. The van der Waals surface area contributed by atoms with Crippen molar-refractivity contribution in [3.8, 4) is 0 Å². The molecular formula is C13H10FN3O2. The lowest BCUT2D eigenvalue weighted by molar-refractivity contribution is 0.0997. The fourth-order valence-corrected chi connectivity index (χ4v) is 1.93. The first-order chi connectivity index (χ1) is 9.16. The van der Waals surface area contributed by atoms with Crippen molar-refractivity contribution in [1.29, 1.82) is 0 Å². The number of rotatable bonds is 2. The zero-order chi connectivity index (χ0) is 13.4. The summed E-state index contributed by atoms with van der Waals surface area (Å²) in [6.07, 6.45) is 1.51.